The third kappa shape index (κ3) is 4.50. The number of halogens is 2. The quantitative estimate of drug-likeness (QED) is 0.791. The van der Waals surface area contributed by atoms with E-state index in [2.05, 4.69) is 23.1 Å². The van der Waals surface area contributed by atoms with Crippen molar-refractivity contribution < 1.29 is 4.79 Å². The van der Waals surface area contributed by atoms with E-state index in [1.54, 1.807) is 0 Å². The lowest BCUT2D eigenvalue weighted by Crippen LogP contribution is -2.44. The van der Waals surface area contributed by atoms with Crippen LogP contribution in [0.15, 0.2) is 24.3 Å². The highest BCUT2D eigenvalue weighted by atomic mass is 35.5. The molecule has 7 heteroatoms. The first-order valence-electron chi connectivity index (χ1n) is 9.10. The highest BCUT2D eigenvalue weighted by molar-refractivity contribution is 7.18. The van der Waals surface area contributed by atoms with E-state index in [9.17, 15) is 4.79 Å². The fraction of sp³-hybridized carbons (Fsp3) is 0.579. The van der Waals surface area contributed by atoms with Crippen molar-refractivity contribution in [2.45, 2.75) is 50.5 Å². The molecule has 1 saturated carbocycles. The standard InChI is InChI=1S/C19H25N3OS.2ClH/c20-15-5-3-4-14(12-15)19(23)22-10-8-13(9-11-22)18-21-16-6-1-2-7-17(16)24-18;;/h1-2,6-7,13-15H,3-5,8-12,20H2;2*1H. The molecule has 1 aromatic heterocycles. The number of nitrogens with two attached hydrogens (primary N) is 1. The van der Waals surface area contributed by atoms with Gasteiger partial charge < -0.3 is 10.6 Å². The number of benzene rings is 1. The molecule has 4 nitrogen and oxygen atoms in total. The average molecular weight is 416 g/mol. The molecule has 4 rings (SSSR count). The molecule has 0 radical (unpaired) electrons. The third-order valence-corrected chi connectivity index (χ3v) is 6.73. The summed E-state index contributed by atoms with van der Waals surface area (Å²) in [4.78, 5) is 19.6. The van der Waals surface area contributed by atoms with E-state index in [1.807, 2.05) is 17.4 Å². The van der Waals surface area contributed by atoms with Gasteiger partial charge in [-0.2, -0.15) is 0 Å². The number of fused-ring (bicyclic) bond motifs is 1. The highest BCUT2D eigenvalue weighted by Gasteiger charge is 2.32. The van der Waals surface area contributed by atoms with Crippen LogP contribution in [0, 0.1) is 5.92 Å². The molecule has 2 aromatic rings. The summed E-state index contributed by atoms with van der Waals surface area (Å²) in [5.74, 6) is 1.00. The number of hydrogen-bond donors (Lipinski definition) is 1. The van der Waals surface area contributed by atoms with Gasteiger partial charge in [0.25, 0.3) is 0 Å². The van der Waals surface area contributed by atoms with Gasteiger partial charge in [0, 0.05) is 31.0 Å². The van der Waals surface area contributed by atoms with Crippen molar-refractivity contribution in [1.29, 1.82) is 0 Å². The zero-order valence-electron chi connectivity index (χ0n) is 14.8. The van der Waals surface area contributed by atoms with Crippen molar-refractivity contribution in [3.8, 4) is 0 Å². The number of likely N-dealkylation sites (tertiary alicyclic amines) is 1. The zero-order valence-corrected chi connectivity index (χ0v) is 17.3. The minimum Gasteiger partial charge on any atom is -0.342 e. The number of nitrogens with zero attached hydrogens (tertiary/aromatic N) is 2. The summed E-state index contributed by atoms with van der Waals surface area (Å²) in [5.41, 5.74) is 7.15. The molecule has 1 aromatic carbocycles. The SMILES string of the molecule is Cl.Cl.NC1CCCC(C(=O)N2CCC(c3nc4ccccc4s3)CC2)C1. The van der Waals surface area contributed by atoms with E-state index in [0.717, 1.165) is 57.1 Å². The summed E-state index contributed by atoms with van der Waals surface area (Å²) in [6.45, 7) is 1.73. The summed E-state index contributed by atoms with van der Waals surface area (Å²) in [7, 11) is 0. The van der Waals surface area contributed by atoms with Gasteiger partial charge in [0.1, 0.15) is 0 Å². The van der Waals surface area contributed by atoms with Crippen LogP contribution in [0.25, 0.3) is 10.2 Å². The zero-order chi connectivity index (χ0) is 16.5. The van der Waals surface area contributed by atoms with Gasteiger partial charge in [-0.3, -0.25) is 4.79 Å². The minimum atomic E-state index is 0. The van der Waals surface area contributed by atoms with Gasteiger partial charge in [-0.05, 0) is 44.2 Å². The first kappa shape index (κ1) is 21.4. The average Bonchev–Trinajstić information content (AvgIpc) is 3.05. The van der Waals surface area contributed by atoms with Crippen LogP contribution in [-0.4, -0.2) is 34.9 Å². The van der Waals surface area contributed by atoms with Gasteiger partial charge in [-0.15, -0.1) is 36.2 Å². The first-order chi connectivity index (χ1) is 11.7. The number of rotatable bonds is 2. The molecule has 26 heavy (non-hydrogen) atoms. The number of carbonyl (C=O) groups excluding carboxylic acids is 1. The van der Waals surface area contributed by atoms with Crippen molar-refractivity contribution in [3.05, 3.63) is 29.3 Å². The lowest BCUT2D eigenvalue weighted by molar-refractivity contribution is -0.137. The largest absolute Gasteiger partial charge is 0.342 e. The Labute approximate surface area is 171 Å². The fourth-order valence-corrected chi connectivity index (χ4v) is 5.26. The smallest absolute Gasteiger partial charge is 0.225 e. The number of aromatic nitrogens is 1. The summed E-state index contributed by atoms with van der Waals surface area (Å²) in [6, 6.07) is 8.55. The van der Waals surface area contributed by atoms with Crippen LogP contribution in [-0.2, 0) is 4.79 Å². The lowest BCUT2D eigenvalue weighted by Gasteiger charge is -2.35. The predicted molar refractivity (Wildman–Crippen MR) is 113 cm³/mol. The molecule has 2 fully saturated rings. The number of piperidine rings is 1. The molecule has 1 aliphatic heterocycles. The molecule has 2 heterocycles. The maximum atomic E-state index is 12.7. The van der Waals surface area contributed by atoms with Gasteiger partial charge >= 0.3 is 0 Å². The Hall–Kier alpha value is -0.880. The molecule has 0 bridgehead atoms. The van der Waals surface area contributed by atoms with Crippen molar-refractivity contribution >= 4 is 52.3 Å². The molecule has 144 valence electrons. The van der Waals surface area contributed by atoms with Crippen LogP contribution in [0.1, 0.15) is 49.5 Å². The highest BCUT2D eigenvalue weighted by Crippen LogP contribution is 2.35. The second-order valence-electron chi connectivity index (χ2n) is 7.24. The number of amides is 1. The van der Waals surface area contributed by atoms with Crippen LogP contribution >= 0.6 is 36.2 Å². The Morgan fingerprint density at radius 2 is 1.85 bits per heavy atom. The Morgan fingerprint density at radius 1 is 1.12 bits per heavy atom. The van der Waals surface area contributed by atoms with E-state index in [1.165, 1.54) is 9.71 Å². The van der Waals surface area contributed by atoms with E-state index in [4.69, 9.17) is 10.7 Å². The number of hydrogen-bond acceptors (Lipinski definition) is 4. The van der Waals surface area contributed by atoms with Crippen LogP contribution in [0.4, 0.5) is 0 Å². The summed E-state index contributed by atoms with van der Waals surface area (Å²) < 4.78 is 1.27. The van der Waals surface area contributed by atoms with Crippen LogP contribution in [0.3, 0.4) is 0 Å². The van der Waals surface area contributed by atoms with Crippen LogP contribution in [0.2, 0.25) is 0 Å². The van der Waals surface area contributed by atoms with Gasteiger partial charge in [-0.1, -0.05) is 18.6 Å². The maximum Gasteiger partial charge on any atom is 0.225 e. The Morgan fingerprint density at radius 3 is 2.54 bits per heavy atom. The molecule has 1 saturated heterocycles. The van der Waals surface area contributed by atoms with Crippen LogP contribution < -0.4 is 5.73 Å². The van der Waals surface area contributed by atoms with Gasteiger partial charge in [-0.25, -0.2) is 4.98 Å². The monoisotopic (exact) mass is 415 g/mol. The minimum absolute atomic E-state index is 0. The molecular weight excluding hydrogens is 389 g/mol. The Balaban J connectivity index is 0.00000121. The topological polar surface area (TPSA) is 59.2 Å². The molecular formula is C19H27Cl2N3OS. The second-order valence-corrected chi connectivity index (χ2v) is 8.31. The molecule has 2 unspecified atom stereocenters. The number of carbonyl (C=O) groups is 1. The normalized spacial score (nSPS) is 24.0. The van der Waals surface area contributed by atoms with E-state index in [-0.39, 0.29) is 36.8 Å². The first-order valence-corrected chi connectivity index (χ1v) is 9.92. The Bertz CT molecular complexity index is 697. The van der Waals surface area contributed by atoms with Crippen molar-refractivity contribution in [3.63, 3.8) is 0 Å². The van der Waals surface area contributed by atoms with E-state index < -0.39 is 0 Å². The Kier molecular flexibility index (Phi) is 7.71. The van der Waals surface area contributed by atoms with Crippen molar-refractivity contribution in [2.24, 2.45) is 11.7 Å². The second kappa shape index (κ2) is 9.36. The maximum absolute atomic E-state index is 12.7. The number of para-hydroxylation sites is 1. The lowest BCUT2D eigenvalue weighted by atomic mass is 9.84. The van der Waals surface area contributed by atoms with Crippen molar-refractivity contribution in [2.75, 3.05) is 13.1 Å². The molecule has 2 atom stereocenters. The molecule has 1 amide bonds. The van der Waals surface area contributed by atoms with Gasteiger partial charge in [0.05, 0.1) is 15.2 Å². The summed E-state index contributed by atoms with van der Waals surface area (Å²) >= 11 is 1.81. The third-order valence-electron chi connectivity index (χ3n) is 5.53. The summed E-state index contributed by atoms with van der Waals surface area (Å²) in [5, 5.41) is 1.24. The van der Waals surface area contributed by atoms with Gasteiger partial charge in [0.15, 0.2) is 0 Å². The van der Waals surface area contributed by atoms with Gasteiger partial charge in [0.2, 0.25) is 5.91 Å². The molecule has 0 spiro atoms. The molecule has 1 aliphatic carbocycles. The molecule has 2 aliphatic rings. The summed E-state index contributed by atoms with van der Waals surface area (Å²) in [6.07, 6.45) is 6.12. The van der Waals surface area contributed by atoms with Crippen molar-refractivity contribution in [1.82, 2.24) is 9.88 Å². The predicted octanol–water partition coefficient (Wildman–Crippen LogP) is 4.36. The van der Waals surface area contributed by atoms with E-state index >= 15 is 0 Å². The van der Waals surface area contributed by atoms with Crippen LogP contribution in [0.5, 0.6) is 0 Å². The molecule has 2 N–H and O–H groups in total. The van der Waals surface area contributed by atoms with E-state index in [0.29, 0.717) is 11.8 Å². The fourth-order valence-electron chi connectivity index (χ4n) is 4.12. The number of thiazole rings is 1.